The summed E-state index contributed by atoms with van der Waals surface area (Å²) in [5.41, 5.74) is 3.56. The van der Waals surface area contributed by atoms with Gasteiger partial charge in [-0.2, -0.15) is 18.3 Å². The zero-order chi connectivity index (χ0) is 27.4. The molecule has 13 heteroatoms. The number of hydrogen-bond acceptors (Lipinski definition) is 7. The Morgan fingerprint density at radius 1 is 1.26 bits per heavy atom. The van der Waals surface area contributed by atoms with Crippen LogP contribution in [0.3, 0.4) is 0 Å². The Morgan fingerprint density at radius 3 is 2.71 bits per heavy atom. The normalized spacial score (nSPS) is 17.3. The van der Waals surface area contributed by atoms with Crippen LogP contribution in [0.15, 0.2) is 47.7 Å². The van der Waals surface area contributed by atoms with Gasteiger partial charge in [-0.1, -0.05) is 12.1 Å². The number of aromatic nitrogens is 2. The second-order valence-electron chi connectivity index (χ2n) is 9.10. The highest BCUT2D eigenvalue weighted by Crippen LogP contribution is 2.39. The van der Waals surface area contributed by atoms with Gasteiger partial charge in [0.1, 0.15) is 11.9 Å². The molecule has 3 aromatic rings. The van der Waals surface area contributed by atoms with Gasteiger partial charge in [0.25, 0.3) is 0 Å². The van der Waals surface area contributed by atoms with Crippen molar-refractivity contribution in [2.75, 3.05) is 18.5 Å². The van der Waals surface area contributed by atoms with Gasteiger partial charge in [-0.3, -0.25) is 10.3 Å². The molecule has 1 unspecified atom stereocenters. The maximum Gasteiger partial charge on any atom is 0.408 e. The number of alkyl halides is 3. The molecule has 0 spiro atoms. The number of hydrazone groups is 1. The number of pyridine rings is 2. The van der Waals surface area contributed by atoms with Gasteiger partial charge in [0.15, 0.2) is 11.6 Å². The van der Waals surface area contributed by atoms with Crippen LogP contribution in [0, 0.1) is 5.82 Å². The standard InChI is InChI=1S/C25H26F4N6O3/c1-14(2)38-21-10-20-15(9-19(21)26)3-5-17(32-20)12-31-34-22-6-4-16(11-30-22)23(25(27,28)29)35-8-7-18(13-35)33-24(36)37/h3-6,9-12,14,18,23,33H,7-8,13H2,1-2H3,(H,30,34)(H,36,37)/t18?,23-/m1/s1. The maximum atomic E-state index is 14.2. The third kappa shape index (κ3) is 6.65. The fourth-order valence-corrected chi connectivity index (χ4v) is 4.27. The first-order chi connectivity index (χ1) is 18.0. The molecule has 1 aromatic carbocycles. The molecule has 1 fully saturated rings. The van der Waals surface area contributed by atoms with E-state index in [4.69, 9.17) is 9.84 Å². The second kappa shape index (κ2) is 11.2. The molecular weight excluding hydrogens is 508 g/mol. The van der Waals surface area contributed by atoms with Crippen molar-refractivity contribution < 1.29 is 32.2 Å². The molecule has 202 valence electrons. The molecule has 3 N–H and O–H groups in total. The van der Waals surface area contributed by atoms with E-state index in [0.717, 1.165) is 6.20 Å². The molecule has 0 aliphatic carbocycles. The summed E-state index contributed by atoms with van der Waals surface area (Å²) in [6, 6.07) is 6.37. The number of rotatable bonds is 8. The largest absolute Gasteiger partial charge is 0.488 e. The van der Waals surface area contributed by atoms with Crippen LogP contribution in [0.4, 0.5) is 28.2 Å². The fourth-order valence-electron chi connectivity index (χ4n) is 4.27. The Labute approximate surface area is 215 Å². The van der Waals surface area contributed by atoms with Crippen LogP contribution in [0.2, 0.25) is 0 Å². The average molecular weight is 535 g/mol. The van der Waals surface area contributed by atoms with Crippen molar-refractivity contribution in [3.05, 3.63) is 59.7 Å². The molecule has 1 saturated heterocycles. The number of nitrogens with one attached hydrogen (secondary N) is 2. The Morgan fingerprint density at radius 2 is 2.05 bits per heavy atom. The maximum absolute atomic E-state index is 14.2. The molecule has 4 rings (SSSR count). The smallest absolute Gasteiger partial charge is 0.408 e. The zero-order valence-corrected chi connectivity index (χ0v) is 20.5. The minimum absolute atomic E-state index is 0.0583. The monoisotopic (exact) mass is 534 g/mol. The number of ether oxygens (including phenoxy) is 1. The minimum Gasteiger partial charge on any atom is -0.488 e. The van der Waals surface area contributed by atoms with Crippen molar-refractivity contribution in [3.63, 3.8) is 0 Å². The molecule has 1 amide bonds. The summed E-state index contributed by atoms with van der Waals surface area (Å²) in [6.45, 7) is 3.61. The van der Waals surface area contributed by atoms with E-state index in [1.54, 1.807) is 26.0 Å². The highest BCUT2D eigenvalue weighted by atomic mass is 19.4. The predicted molar refractivity (Wildman–Crippen MR) is 133 cm³/mol. The molecule has 2 aromatic heterocycles. The van der Waals surface area contributed by atoms with Gasteiger partial charge in [-0.25, -0.2) is 19.2 Å². The fraction of sp³-hybridized carbons (Fsp3) is 0.360. The summed E-state index contributed by atoms with van der Waals surface area (Å²) < 4.78 is 61.3. The van der Waals surface area contributed by atoms with Gasteiger partial charge in [0.2, 0.25) is 0 Å². The summed E-state index contributed by atoms with van der Waals surface area (Å²) in [7, 11) is 0. The van der Waals surface area contributed by atoms with Gasteiger partial charge in [-0.05, 0) is 44.0 Å². The lowest BCUT2D eigenvalue weighted by molar-refractivity contribution is -0.183. The number of carbonyl (C=O) groups is 1. The van der Waals surface area contributed by atoms with E-state index in [-0.39, 0.29) is 42.7 Å². The SMILES string of the molecule is CC(C)Oc1cc2nc(C=NNc3ccc([C@@H](N4CCC(NC(=O)O)C4)C(F)(F)F)cn3)ccc2cc1F. The van der Waals surface area contributed by atoms with Gasteiger partial charge in [-0.15, -0.1) is 0 Å². The van der Waals surface area contributed by atoms with Gasteiger partial charge >= 0.3 is 12.3 Å². The van der Waals surface area contributed by atoms with Crippen LogP contribution in [-0.4, -0.2) is 63.7 Å². The Hall–Kier alpha value is -4.00. The molecule has 38 heavy (non-hydrogen) atoms. The number of anilines is 1. The van der Waals surface area contributed by atoms with E-state index in [2.05, 4.69) is 25.8 Å². The van der Waals surface area contributed by atoms with Crippen molar-refractivity contribution >= 4 is 29.0 Å². The second-order valence-corrected chi connectivity index (χ2v) is 9.10. The number of likely N-dealkylation sites (tertiary alicyclic amines) is 1. The molecule has 9 nitrogen and oxygen atoms in total. The van der Waals surface area contributed by atoms with Gasteiger partial charge in [0.05, 0.1) is 23.5 Å². The van der Waals surface area contributed by atoms with Gasteiger partial charge in [0, 0.05) is 36.8 Å². The van der Waals surface area contributed by atoms with Crippen LogP contribution in [0.25, 0.3) is 10.9 Å². The molecular formula is C25H26F4N6O3. The zero-order valence-electron chi connectivity index (χ0n) is 20.5. The molecule has 1 aliphatic heterocycles. The molecule has 0 radical (unpaired) electrons. The predicted octanol–water partition coefficient (Wildman–Crippen LogP) is 4.95. The van der Waals surface area contributed by atoms with Crippen LogP contribution in [0.5, 0.6) is 5.75 Å². The summed E-state index contributed by atoms with van der Waals surface area (Å²) >= 11 is 0. The van der Waals surface area contributed by atoms with Crippen molar-refractivity contribution in [3.8, 4) is 5.75 Å². The van der Waals surface area contributed by atoms with Crippen LogP contribution >= 0.6 is 0 Å². The lowest BCUT2D eigenvalue weighted by Gasteiger charge is -2.30. The number of benzene rings is 1. The average Bonchev–Trinajstić information content (AvgIpc) is 3.26. The van der Waals surface area contributed by atoms with E-state index in [1.807, 2.05) is 0 Å². The molecule has 0 saturated carbocycles. The van der Waals surface area contributed by atoms with Crippen molar-refractivity contribution in [1.82, 2.24) is 20.2 Å². The highest BCUT2D eigenvalue weighted by molar-refractivity contribution is 5.86. The highest BCUT2D eigenvalue weighted by Gasteiger charge is 2.47. The van der Waals surface area contributed by atoms with Crippen LogP contribution < -0.4 is 15.5 Å². The third-order valence-electron chi connectivity index (χ3n) is 5.83. The summed E-state index contributed by atoms with van der Waals surface area (Å²) in [4.78, 5) is 20.5. The number of amides is 1. The topological polar surface area (TPSA) is 112 Å². The number of hydrogen-bond donors (Lipinski definition) is 3. The number of halogens is 4. The molecule has 3 heterocycles. The minimum atomic E-state index is -4.57. The molecule has 0 bridgehead atoms. The van der Waals surface area contributed by atoms with E-state index in [0.29, 0.717) is 16.6 Å². The van der Waals surface area contributed by atoms with Crippen LogP contribution in [0.1, 0.15) is 37.6 Å². The van der Waals surface area contributed by atoms with Gasteiger partial charge < -0.3 is 15.2 Å². The van der Waals surface area contributed by atoms with E-state index in [9.17, 15) is 22.4 Å². The van der Waals surface area contributed by atoms with E-state index in [1.165, 1.54) is 35.4 Å². The lowest BCUT2D eigenvalue weighted by Crippen LogP contribution is -2.40. The molecule has 1 aliphatic rings. The van der Waals surface area contributed by atoms with Crippen molar-refractivity contribution in [1.29, 1.82) is 0 Å². The number of nitrogens with zero attached hydrogens (tertiary/aromatic N) is 4. The number of carboxylic acid groups (broad SMARTS) is 1. The first-order valence-electron chi connectivity index (χ1n) is 11.8. The Bertz CT molecular complexity index is 1320. The van der Waals surface area contributed by atoms with Crippen LogP contribution in [-0.2, 0) is 0 Å². The lowest BCUT2D eigenvalue weighted by atomic mass is 10.1. The van der Waals surface area contributed by atoms with E-state index >= 15 is 0 Å². The first-order valence-corrected chi connectivity index (χ1v) is 11.8. The molecule has 2 atom stereocenters. The van der Waals surface area contributed by atoms with Crippen molar-refractivity contribution in [2.24, 2.45) is 5.10 Å². The summed E-state index contributed by atoms with van der Waals surface area (Å²) in [5, 5.41) is 15.7. The first kappa shape index (κ1) is 27.0. The number of fused-ring (bicyclic) bond motifs is 1. The Kier molecular flexibility index (Phi) is 7.95. The summed E-state index contributed by atoms with van der Waals surface area (Å²) in [6.07, 6.45) is -3.24. The van der Waals surface area contributed by atoms with E-state index < -0.39 is 30.2 Å². The third-order valence-corrected chi connectivity index (χ3v) is 5.83. The Balaban J connectivity index is 1.44. The van der Waals surface area contributed by atoms with Crippen molar-refractivity contribution in [2.45, 2.75) is 44.6 Å². The quantitative estimate of drug-likeness (QED) is 0.213. The summed E-state index contributed by atoms with van der Waals surface area (Å²) in [5.74, 6) is -0.177.